The lowest BCUT2D eigenvalue weighted by atomic mass is 9.89. The van der Waals surface area contributed by atoms with Crippen molar-refractivity contribution in [3.63, 3.8) is 0 Å². The second-order valence-electron chi connectivity index (χ2n) is 8.45. The normalized spacial score (nSPS) is 14.3. The Kier molecular flexibility index (Phi) is 7.68. The quantitative estimate of drug-likeness (QED) is 0.484. The minimum atomic E-state index is -0.510. The van der Waals surface area contributed by atoms with Crippen LogP contribution in [0.3, 0.4) is 0 Å². The Morgan fingerprint density at radius 3 is 2.24 bits per heavy atom. The van der Waals surface area contributed by atoms with Crippen molar-refractivity contribution >= 4 is 5.91 Å². The maximum atomic E-state index is 14.0. The number of methoxy groups -OCH3 is 1. The number of rotatable bonds is 8. The van der Waals surface area contributed by atoms with Crippen LogP contribution in [0.15, 0.2) is 67.0 Å². The predicted molar refractivity (Wildman–Crippen MR) is 124 cm³/mol. The lowest BCUT2D eigenvalue weighted by Crippen LogP contribution is -2.38. The molecule has 1 fully saturated rings. The predicted octanol–water partition coefficient (Wildman–Crippen LogP) is 5.04. The number of amides is 1. The second-order valence-corrected chi connectivity index (χ2v) is 8.45. The third-order valence-electron chi connectivity index (χ3n) is 6.13. The van der Waals surface area contributed by atoms with Gasteiger partial charge in [-0.05, 0) is 72.2 Å². The van der Waals surface area contributed by atoms with Crippen molar-refractivity contribution in [3.8, 4) is 5.75 Å². The van der Waals surface area contributed by atoms with Crippen LogP contribution in [0, 0.1) is 11.7 Å². The van der Waals surface area contributed by atoms with Crippen molar-refractivity contribution in [3.05, 3.63) is 95.1 Å². The highest BCUT2D eigenvalue weighted by Gasteiger charge is 2.24. The number of carbonyl (C=O) groups excluding carboxylic acids is 1. The fraction of sp³-hybridized carbons (Fsp3) is 0.333. The summed E-state index contributed by atoms with van der Waals surface area (Å²) in [5.41, 5.74) is 3.94. The van der Waals surface area contributed by atoms with E-state index < -0.39 is 5.82 Å². The number of hydrogen-bond donors (Lipinski definition) is 0. The van der Waals surface area contributed by atoms with Gasteiger partial charge in [-0.2, -0.15) is 0 Å². The van der Waals surface area contributed by atoms with Crippen LogP contribution >= 0.6 is 0 Å². The van der Waals surface area contributed by atoms with Crippen molar-refractivity contribution in [2.75, 3.05) is 20.2 Å². The molecular weight excluding hydrogens is 419 g/mol. The Labute approximate surface area is 194 Å². The molecular formula is C27H29FN2O3. The lowest BCUT2D eigenvalue weighted by molar-refractivity contribution is 0.0690. The summed E-state index contributed by atoms with van der Waals surface area (Å²) in [6.07, 6.45) is 6.43. The minimum Gasteiger partial charge on any atom is -0.494 e. The number of nitrogens with zero attached hydrogens (tertiary/aromatic N) is 2. The first kappa shape index (κ1) is 22.9. The van der Waals surface area contributed by atoms with Gasteiger partial charge in [-0.15, -0.1) is 0 Å². The molecule has 0 N–H and O–H groups in total. The highest BCUT2D eigenvalue weighted by atomic mass is 19.1. The molecule has 0 aliphatic carbocycles. The van der Waals surface area contributed by atoms with Crippen LogP contribution in [0.25, 0.3) is 0 Å². The summed E-state index contributed by atoms with van der Waals surface area (Å²) in [4.78, 5) is 18.6. The molecule has 5 nitrogen and oxygen atoms in total. The van der Waals surface area contributed by atoms with E-state index in [0.29, 0.717) is 37.8 Å². The SMILES string of the molecule is COc1ccc(C(=O)N2CCC(Cc3ccc(COCc4ccncc4)cc3)CC2)cc1F. The molecule has 0 atom stereocenters. The smallest absolute Gasteiger partial charge is 0.253 e. The number of aromatic nitrogens is 1. The lowest BCUT2D eigenvalue weighted by Gasteiger charge is -2.32. The van der Waals surface area contributed by atoms with E-state index in [1.165, 1.54) is 24.8 Å². The molecule has 172 valence electrons. The first-order chi connectivity index (χ1) is 16.1. The Morgan fingerprint density at radius 2 is 1.61 bits per heavy atom. The molecule has 1 amide bonds. The number of ether oxygens (including phenoxy) is 2. The summed E-state index contributed by atoms with van der Waals surface area (Å²) in [6, 6.07) is 16.9. The van der Waals surface area contributed by atoms with Gasteiger partial charge in [0.2, 0.25) is 0 Å². The largest absolute Gasteiger partial charge is 0.494 e. The Morgan fingerprint density at radius 1 is 0.970 bits per heavy atom. The van der Waals surface area contributed by atoms with Crippen LogP contribution in [0.2, 0.25) is 0 Å². The summed E-state index contributed by atoms with van der Waals surface area (Å²) in [5.74, 6) is 0.0580. The fourth-order valence-corrected chi connectivity index (χ4v) is 4.19. The van der Waals surface area contributed by atoms with Gasteiger partial charge in [0.25, 0.3) is 5.91 Å². The van der Waals surface area contributed by atoms with Crippen molar-refractivity contribution in [2.45, 2.75) is 32.5 Å². The monoisotopic (exact) mass is 448 g/mol. The van der Waals surface area contributed by atoms with E-state index in [4.69, 9.17) is 9.47 Å². The summed E-state index contributed by atoms with van der Waals surface area (Å²) >= 11 is 0. The summed E-state index contributed by atoms with van der Waals surface area (Å²) in [5, 5.41) is 0. The highest BCUT2D eigenvalue weighted by molar-refractivity contribution is 5.94. The summed E-state index contributed by atoms with van der Waals surface area (Å²) < 4.78 is 24.7. The Balaban J connectivity index is 1.22. The van der Waals surface area contributed by atoms with E-state index >= 15 is 0 Å². The zero-order valence-electron chi connectivity index (χ0n) is 18.9. The van der Waals surface area contributed by atoms with Gasteiger partial charge < -0.3 is 14.4 Å². The minimum absolute atomic E-state index is 0.119. The van der Waals surface area contributed by atoms with Crippen LogP contribution in [0.5, 0.6) is 5.75 Å². The van der Waals surface area contributed by atoms with Gasteiger partial charge in [-0.1, -0.05) is 24.3 Å². The van der Waals surface area contributed by atoms with Gasteiger partial charge in [0.1, 0.15) is 0 Å². The van der Waals surface area contributed by atoms with Crippen LogP contribution in [-0.2, 0) is 24.4 Å². The number of carbonyl (C=O) groups is 1. The molecule has 1 aromatic heterocycles. The molecule has 1 aliphatic rings. The number of piperidine rings is 1. The molecule has 0 radical (unpaired) electrons. The van der Waals surface area contributed by atoms with Crippen molar-refractivity contribution in [1.29, 1.82) is 0 Å². The summed E-state index contributed by atoms with van der Waals surface area (Å²) in [7, 11) is 1.41. The molecule has 1 aliphatic heterocycles. The third kappa shape index (κ3) is 6.17. The van der Waals surface area contributed by atoms with E-state index in [1.807, 2.05) is 17.0 Å². The fourth-order valence-electron chi connectivity index (χ4n) is 4.19. The topological polar surface area (TPSA) is 51.7 Å². The van der Waals surface area contributed by atoms with Gasteiger partial charge in [0.05, 0.1) is 20.3 Å². The average molecular weight is 449 g/mol. The molecule has 0 bridgehead atoms. The number of halogens is 1. The van der Waals surface area contributed by atoms with Gasteiger partial charge in [0, 0.05) is 31.0 Å². The number of benzene rings is 2. The van der Waals surface area contributed by atoms with Crippen LogP contribution in [0.1, 0.15) is 39.9 Å². The standard InChI is InChI=1S/C27H29FN2O3/c1-32-26-7-6-24(17-25(26)28)27(31)30-14-10-21(11-15-30)16-20-2-4-22(5-3-20)18-33-19-23-8-12-29-13-9-23/h2-9,12-13,17,21H,10-11,14-16,18-19H2,1H3. The van der Waals surface area contributed by atoms with Gasteiger partial charge in [-0.3, -0.25) is 9.78 Å². The van der Waals surface area contributed by atoms with Crippen LogP contribution in [0.4, 0.5) is 4.39 Å². The molecule has 4 rings (SSSR count). The molecule has 2 aromatic carbocycles. The Hall–Kier alpha value is -3.25. The van der Waals surface area contributed by atoms with E-state index in [1.54, 1.807) is 18.5 Å². The van der Waals surface area contributed by atoms with Crippen molar-refractivity contribution in [1.82, 2.24) is 9.88 Å². The van der Waals surface area contributed by atoms with Crippen LogP contribution in [-0.4, -0.2) is 36.0 Å². The molecule has 0 unspecified atom stereocenters. The number of likely N-dealkylation sites (tertiary alicyclic amines) is 1. The van der Waals surface area contributed by atoms with E-state index in [0.717, 1.165) is 30.4 Å². The molecule has 6 heteroatoms. The van der Waals surface area contributed by atoms with Gasteiger partial charge in [0.15, 0.2) is 11.6 Å². The summed E-state index contributed by atoms with van der Waals surface area (Å²) in [6.45, 7) is 2.54. The maximum Gasteiger partial charge on any atom is 0.253 e. The molecule has 3 aromatic rings. The van der Waals surface area contributed by atoms with Gasteiger partial charge >= 0.3 is 0 Å². The highest BCUT2D eigenvalue weighted by Crippen LogP contribution is 2.25. The first-order valence-corrected chi connectivity index (χ1v) is 11.3. The van der Waals surface area contributed by atoms with E-state index in [2.05, 4.69) is 29.2 Å². The zero-order chi connectivity index (χ0) is 23.0. The molecule has 0 spiro atoms. The molecule has 2 heterocycles. The van der Waals surface area contributed by atoms with Crippen LogP contribution < -0.4 is 4.74 Å². The van der Waals surface area contributed by atoms with E-state index in [9.17, 15) is 9.18 Å². The second kappa shape index (κ2) is 11.1. The zero-order valence-corrected chi connectivity index (χ0v) is 18.9. The molecule has 33 heavy (non-hydrogen) atoms. The first-order valence-electron chi connectivity index (χ1n) is 11.3. The van der Waals surface area contributed by atoms with E-state index in [-0.39, 0.29) is 11.7 Å². The maximum absolute atomic E-state index is 14.0. The molecule has 1 saturated heterocycles. The number of pyridine rings is 1. The van der Waals surface area contributed by atoms with Crippen molar-refractivity contribution < 1.29 is 18.7 Å². The third-order valence-corrected chi connectivity index (χ3v) is 6.13. The Bertz CT molecular complexity index is 1050. The van der Waals surface area contributed by atoms with Gasteiger partial charge in [-0.25, -0.2) is 4.39 Å². The van der Waals surface area contributed by atoms with Crippen molar-refractivity contribution in [2.24, 2.45) is 5.92 Å². The average Bonchev–Trinajstić information content (AvgIpc) is 2.86. The number of hydrogen-bond acceptors (Lipinski definition) is 4. The molecule has 0 saturated carbocycles.